The van der Waals surface area contributed by atoms with Crippen molar-refractivity contribution < 1.29 is 8.42 Å². The third-order valence-electron chi connectivity index (χ3n) is 4.30. The Hall–Kier alpha value is -0.170. The summed E-state index contributed by atoms with van der Waals surface area (Å²) in [5.41, 5.74) is 5.53. The van der Waals surface area contributed by atoms with Crippen LogP contribution in [0.2, 0.25) is 0 Å². The highest BCUT2D eigenvalue weighted by Gasteiger charge is 2.40. The standard InChI is InChI=1S/C12H25N3O2S/c1-10-8-14-6-4-3-5-12(14)9-15(10)18(16,17)11(2)7-13/h10-12H,3-9,13H2,1-2H3. The minimum Gasteiger partial charge on any atom is -0.329 e. The maximum absolute atomic E-state index is 12.4. The van der Waals surface area contributed by atoms with E-state index in [0.717, 1.165) is 19.5 Å². The van der Waals surface area contributed by atoms with Crippen LogP contribution in [-0.2, 0) is 10.0 Å². The van der Waals surface area contributed by atoms with Gasteiger partial charge in [0, 0.05) is 31.7 Å². The van der Waals surface area contributed by atoms with Gasteiger partial charge in [-0.05, 0) is 33.2 Å². The van der Waals surface area contributed by atoms with Crippen molar-refractivity contribution in [3.63, 3.8) is 0 Å². The topological polar surface area (TPSA) is 66.6 Å². The van der Waals surface area contributed by atoms with Gasteiger partial charge in [-0.15, -0.1) is 0 Å². The molecule has 0 aromatic carbocycles. The van der Waals surface area contributed by atoms with Crippen molar-refractivity contribution in [1.29, 1.82) is 0 Å². The zero-order valence-electron chi connectivity index (χ0n) is 11.4. The minimum absolute atomic E-state index is 0.0679. The first-order valence-electron chi connectivity index (χ1n) is 6.91. The summed E-state index contributed by atoms with van der Waals surface area (Å²) in [4.78, 5) is 2.45. The van der Waals surface area contributed by atoms with Gasteiger partial charge >= 0.3 is 0 Å². The molecule has 0 spiro atoms. The third-order valence-corrected chi connectivity index (χ3v) is 6.67. The predicted molar refractivity (Wildman–Crippen MR) is 72.8 cm³/mol. The maximum atomic E-state index is 12.4. The summed E-state index contributed by atoms with van der Waals surface area (Å²) >= 11 is 0. The first kappa shape index (κ1) is 14.2. The van der Waals surface area contributed by atoms with E-state index in [1.807, 2.05) is 6.92 Å². The van der Waals surface area contributed by atoms with Crippen LogP contribution >= 0.6 is 0 Å². The first-order chi connectivity index (χ1) is 8.46. The molecule has 0 amide bonds. The number of rotatable bonds is 3. The Balaban J connectivity index is 2.14. The van der Waals surface area contributed by atoms with Gasteiger partial charge in [0.05, 0.1) is 5.25 Å². The maximum Gasteiger partial charge on any atom is 0.218 e. The molecule has 6 heteroatoms. The molecule has 2 rings (SSSR count). The SMILES string of the molecule is CC1CN2CCCCC2CN1S(=O)(=O)C(C)CN. The Kier molecular flexibility index (Phi) is 4.31. The van der Waals surface area contributed by atoms with Gasteiger partial charge in [-0.25, -0.2) is 8.42 Å². The van der Waals surface area contributed by atoms with Crippen LogP contribution < -0.4 is 5.73 Å². The molecule has 2 heterocycles. The largest absolute Gasteiger partial charge is 0.329 e. The van der Waals surface area contributed by atoms with E-state index in [2.05, 4.69) is 4.90 Å². The van der Waals surface area contributed by atoms with Gasteiger partial charge in [0.15, 0.2) is 0 Å². The highest BCUT2D eigenvalue weighted by molar-refractivity contribution is 7.89. The zero-order valence-corrected chi connectivity index (χ0v) is 12.2. The lowest BCUT2D eigenvalue weighted by atomic mass is 9.99. The number of nitrogens with zero attached hydrogens (tertiary/aromatic N) is 2. The van der Waals surface area contributed by atoms with E-state index in [9.17, 15) is 8.42 Å². The number of fused-ring (bicyclic) bond motifs is 1. The second kappa shape index (κ2) is 5.45. The average Bonchev–Trinajstić information content (AvgIpc) is 2.36. The summed E-state index contributed by atoms with van der Waals surface area (Å²) in [5, 5.41) is -0.477. The fraction of sp³-hybridized carbons (Fsp3) is 1.00. The second-order valence-electron chi connectivity index (χ2n) is 5.65. The number of hydrogen-bond donors (Lipinski definition) is 1. The lowest BCUT2D eigenvalue weighted by Gasteiger charge is -2.47. The molecule has 3 atom stereocenters. The number of nitrogens with two attached hydrogens (primary N) is 1. The lowest BCUT2D eigenvalue weighted by Crippen LogP contribution is -2.61. The monoisotopic (exact) mass is 275 g/mol. The van der Waals surface area contributed by atoms with Crippen LogP contribution in [0.1, 0.15) is 33.1 Å². The van der Waals surface area contributed by atoms with Crippen LogP contribution in [-0.4, -0.2) is 61.1 Å². The van der Waals surface area contributed by atoms with Crippen LogP contribution in [0.25, 0.3) is 0 Å². The Morgan fingerprint density at radius 1 is 1.33 bits per heavy atom. The van der Waals surface area contributed by atoms with Gasteiger partial charge in [-0.2, -0.15) is 4.31 Å². The number of piperidine rings is 1. The van der Waals surface area contributed by atoms with E-state index in [1.165, 1.54) is 12.8 Å². The minimum atomic E-state index is -3.23. The van der Waals surface area contributed by atoms with Crippen LogP contribution in [0, 0.1) is 0 Å². The molecule has 2 aliphatic rings. The van der Waals surface area contributed by atoms with Crippen molar-refractivity contribution in [2.24, 2.45) is 5.73 Å². The number of hydrogen-bond acceptors (Lipinski definition) is 4. The molecule has 0 radical (unpaired) electrons. The number of piperazine rings is 1. The zero-order chi connectivity index (χ0) is 13.3. The van der Waals surface area contributed by atoms with E-state index in [1.54, 1.807) is 11.2 Å². The molecule has 0 aromatic rings. The smallest absolute Gasteiger partial charge is 0.218 e. The fourth-order valence-corrected chi connectivity index (χ4v) is 4.69. The van der Waals surface area contributed by atoms with Gasteiger partial charge < -0.3 is 5.73 Å². The Morgan fingerprint density at radius 3 is 2.72 bits per heavy atom. The summed E-state index contributed by atoms with van der Waals surface area (Å²) in [6, 6.07) is 0.480. The normalized spacial score (nSPS) is 33.1. The van der Waals surface area contributed by atoms with E-state index >= 15 is 0 Å². The van der Waals surface area contributed by atoms with Crippen molar-refractivity contribution in [3.8, 4) is 0 Å². The molecule has 0 bridgehead atoms. The summed E-state index contributed by atoms with van der Waals surface area (Å²) in [7, 11) is -3.23. The average molecular weight is 275 g/mol. The molecule has 106 valence electrons. The summed E-state index contributed by atoms with van der Waals surface area (Å²) in [6.45, 7) is 6.53. The molecule has 2 saturated heterocycles. The van der Waals surface area contributed by atoms with Gasteiger partial charge in [0.1, 0.15) is 0 Å². The molecule has 3 unspecified atom stereocenters. The van der Waals surface area contributed by atoms with Crippen molar-refractivity contribution in [1.82, 2.24) is 9.21 Å². The Morgan fingerprint density at radius 2 is 2.06 bits per heavy atom. The fourth-order valence-electron chi connectivity index (χ4n) is 3.03. The van der Waals surface area contributed by atoms with Crippen molar-refractivity contribution in [3.05, 3.63) is 0 Å². The van der Waals surface area contributed by atoms with Crippen LogP contribution in [0.3, 0.4) is 0 Å². The molecule has 2 N–H and O–H groups in total. The van der Waals surface area contributed by atoms with Crippen LogP contribution in [0.4, 0.5) is 0 Å². The molecule has 18 heavy (non-hydrogen) atoms. The van der Waals surface area contributed by atoms with Crippen LogP contribution in [0.15, 0.2) is 0 Å². The summed E-state index contributed by atoms with van der Waals surface area (Å²) in [5.74, 6) is 0. The van der Waals surface area contributed by atoms with E-state index < -0.39 is 15.3 Å². The van der Waals surface area contributed by atoms with E-state index in [0.29, 0.717) is 12.6 Å². The lowest BCUT2D eigenvalue weighted by molar-refractivity contribution is 0.0560. The van der Waals surface area contributed by atoms with Gasteiger partial charge in [0.2, 0.25) is 10.0 Å². The summed E-state index contributed by atoms with van der Waals surface area (Å²) in [6.07, 6.45) is 3.58. The summed E-state index contributed by atoms with van der Waals surface area (Å²) < 4.78 is 26.5. The van der Waals surface area contributed by atoms with Crippen molar-refractivity contribution in [2.75, 3.05) is 26.2 Å². The quantitative estimate of drug-likeness (QED) is 0.800. The van der Waals surface area contributed by atoms with Crippen LogP contribution in [0.5, 0.6) is 0 Å². The highest BCUT2D eigenvalue weighted by Crippen LogP contribution is 2.26. The molecule has 2 fully saturated rings. The molecule has 0 saturated carbocycles. The molecule has 5 nitrogen and oxygen atoms in total. The molecular formula is C12H25N3O2S. The van der Waals surface area contributed by atoms with E-state index in [-0.39, 0.29) is 12.6 Å². The van der Waals surface area contributed by atoms with Gasteiger partial charge in [-0.3, -0.25) is 4.90 Å². The van der Waals surface area contributed by atoms with Crippen molar-refractivity contribution in [2.45, 2.75) is 50.4 Å². The second-order valence-corrected chi connectivity index (χ2v) is 7.96. The third kappa shape index (κ3) is 2.57. The van der Waals surface area contributed by atoms with Gasteiger partial charge in [-0.1, -0.05) is 6.42 Å². The predicted octanol–water partition coefficient (Wildman–Crippen LogP) is 0.222. The number of sulfonamides is 1. The molecule has 0 aromatic heterocycles. The molecule has 0 aliphatic carbocycles. The Bertz CT molecular complexity index is 385. The van der Waals surface area contributed by atoms with Crippen molar-refractivity contribution >= 4 is 10.0 Å². The van der Waals surface area contributed by atoms with Gasteiger partial charge in [0.25, 0.3) is 0 Å². The molecule has 2 aliphatic heterocycles. The first-order valence-corrected chi connectivity index (χ1v) is 8.42. The van der Waals surface area contributed by atoms with E-state index in [4.69, 9.17) is 5.73 Å². The molecular weight excluding hydrogens is 250 g/mol. The highest BCUT2D eigenvalue weighted by atomic mass is 32.2. The Labute approximate surface area is 110 Å².